The van der Waals surface area contributed by atoms with Gasteiger partial charge in [-0.25, -0.2) is 13.8 Å². The zero-order chi connectivity index (χ0) is 20.0. The van der Waals surface area contributed by atoms with Gasteiger partial charge in [-0.3, -0.25) is 14.5 Å². The van der Waals surface area contributed by atoms with Crippen LogP contribution in [-0.2, 0) is 16.1 Å². The van der Waals surface area contributed by atoms with Crippen molar-refractivity contribution in [3.63, 3.8) is 0 Å². The molecule has 0 saturated heterocycles. The first-order chi connectivity index (χ1) is 13.3. The molecule has 0 fully saturated rings. The number of carbonyl (C=O) groups is 2. The summed E-state index contributed by atoms with van der Waals surface area (Å²) in [5.41, 5.74) is 1.31. The fourth-order valence-corrected chi connectivity index (χ4v) is 4.21. The fourth-order valence-electron chi connectivity index (χ4n) is 3.21. The minimum atomic E-state index is -1.17. The topological polar surface area (TPSA) is 79.7 Å². The molecule has 0 bridgehead atoms. The van der Waals surface area contributed by atoms with Crippen molar-refractivity contribution in [3.8, 4) is 5.75 Å². The van der Waals surface area contributed by atoms with Crippen LogP contribution in [-0.4, -0.2) is 28.1 Å². The Morgan fingerprint density at radius 2 is 2.14 bits per heavy atom. The van der Waals surface area contributed by atoms with E-state index in [0.29, 0.717) is 21.1 Å². The fraction of sp³-hybridized carbons (Fsp3) is 0.211. The number of hydrogen-bond acceptors (Lipinski definition) is 5. The van der Waals surface area contributed by atoms with E-state index in [9.17, 15) is 18.4 Å². The normalized spacial score (nSPS) is 16.2. The van der Waals surface area contributed by atoms with Gasteiger partial charge >= 0.3 is 5.97 Å². The molecule has 1 N–H and O–H groups in total. The first-order valence-electron chi connectivity index (χ1n) is 8.37. The summed E-state index contributed by atoms with van der Waals surface area (Å²) in [4.78, 5) is 29.6. The number of para-hydroxylation sites is 1. The molecule has 9 heteroatoms. The molecule has 1 aliphatic heterocycles. The van der Waals surface area contributed by atoms with Gasteiger partial charge in [-0.2, -0.15) is 0 Å². The van der Waals surface area contributed by atoms with Gasteiger partial charge in [0.25, 0.3) is 5.91 Å². The van der Waals surface area contributed by atoms with Gasteiger partial charge in [-0.15, -0.1) is 11.3 Å². The molecule has 3 aromatic rings. The van der Waals surface area contributed by atoms with Crippen LogP contribution in [0.3, 0.4) is 0 Å². The number of aliphatic carboxylic acids is 1. The third-order valence-electron chi connectivity index (χ3n) is 4.39. The van der Waals surface area contributed by atoms with Crippen molar-refractivity contribution < 1.29 is 28.2 Å². The number of carboxylic acid groups (broad SMARTS) is 1. The van der Waals surface area contributed by atoms with Crippen LogP contribution < -0.4 is 9.64 Å². The summed E-state index contributed by atoms with van der Waals surface area (Å²) < 4.78 is 33.3. The van der Waals surface area contributed by atoms with Crippen LogP contribution in [0.15, 0.2) is 30.3 Å². The van der Waals surface area contributed by atoms with Gasteiger partial charge < -0.3 is 9.84 Å². The predicted octanol–water partition coefficient (Wildman–Crippen LogP) is 3.65. The Labute approximate surface area is 162 Å². The van der Waals surface area contributed by atoms with Gasteiger partial charge in [-0.05, 0) is 24.6 Å². The Hall–Kier alpha value is -3.07. The molecule has 2 aromatic carbocycles. The summed E-state index contributed by atoms with van der Waals surface area (Å²) in [5.74, 6) is -2.76. The lowest BCUT2D eigenvalue weighted by Crippen LogP contribution is -2.46. The molecule has 1 amide bonds. The van der Waals surface area contributed by atoms with E-state index in [1.165, 1.54) is 11.0 Å². The number of halogens is 2. The molecule has 0 spiro atoms. The van der Waals surface area contributed by atoms with Crippen molar-refractivity contribution in [2.75, 3.05) is 4.90 Å². The molecule has 0 saturated carbocycles. The molecule has 1 unspecified atom stereocenters. The van der Waals surface area contributed by atoms with Crippen molar-refractivity contribution in [3.05, 3.63) is 52.5 Å². The van der Waals surface area contributed by atoms with E-state index >= 15 is 0 Å². The quantitative estimate of drug-likeness (QED) is 0.718. The average Bonchev–Trinajstić information content (AvgIpc) is 3.01. The number of hydrogen-bond donors (Lipinski definition) is 1. The molecule has 1 atom stereocenters. The maximum Gasteiger partial charge on any atom is 0.307 e. The third-order valence-corrected chi connectivity index (χ3v) is 5.38. The number of thiazole rings is 1. The number of amides is 1. The number of carbonyl (C=O) groups excluding carboxylic acids is 1. The SMILES string of the molecule is Cc1cccc2c1N(Cc1nc3c(F)cc(F)cc3s1)C(=O)C(CC(=O)O)O2. The Bertz CT molecular complexity index is 1110. The molecule has 4 rings (SSSR count). The van der Waals surface area contributed by atoms with Gasteiger partial charge in [0.15, 0.2) is 11.9 Å². The minimum Gasteiger partial charge on any atom is -0.481 e. The van der Waals surface area contributed by atoms with Crippen molar-refractivity contribution in [2.24, 2.45) is 0 Å². The first kappa shape index (κ1) is 18.3. The molecule has 0 aliphatic carbocycles. The average molecular weight is 404 g/mol. The number of aryl methyl sites for hydroxylation is 1. The number of benzene rings is 2. The summed E-state index contributed by atoms with van der Waals surface area (Å²) in [6.07, 6.45) is -1.65. The second-order valence-electron chi connectivity index (χ2n) is 6.39. The lowest BCUT2D eigenvalue weighted by molar-refractivity contribution is -0.142. The van der Waals surface area contributed by atoms with E-state index < -0.39 is 36.0 Å². The lowest BCUT2D eigenvalue weighted by Gasteiger charge is -2.34. The summed E-state index contributed by atoms with van der Waals surface area (Å²) in [6, 6.07) is 7.15. The summed E-state index contributed by atoms with van der Waals surface area (Å²) in [7, 11) is 0. The molecule has 6 nitrogen and oxygen atoms in total. The summed E-state index contributed by atoms with van der Waals surface area (Å²) >= 11 is 1.07. The highest BCUT2D eigenvalue weighted by Gasteiger charge is 2.37. The Kier molecular flexibility index (Phi) is 4.46. The number of nitrogens with zero attached hydrogens (tertiary/aromatic N) is 2. The van der Waals surface area contributed by atoms with Gasteiger partial charge in [-0.1, -0.05) is 12.1 Å². The van der Waals surface area contributed by atoms with Crippen LogP contribution in [0.5, 0.6) is 5.75 Å². The molecule has 2 heterocycles. The predicted molar refractivity (Wildman–Crippen MR) is 98.6 cm³/mol. The zero-order valence-corrected chi connectivity index (χ0v) is 15.4. The highest BCUT2D eigenvalue weighted by molar-refractivity contribution is 7.18. The van der Waals surface area contributed by atoms with Gasteiger partial charge in [0.2, 0.25) is 0 Å². The Morgan fingerprint density at radius 1 is 1.36 bits per heavy atom. The monoisotopic (exact) mass is 404 g/mol. The molecular weight excluding hydrogens is 390 g/mol. The van der Waals surface area contributed by atoms with E-state index in [0.717, 1.165) is 23.0 Å². The molecular formula is C19H14F2N2O4S. The van der Waals surface area contributed by atoms with Gasteiger partial charge in [0.05, 0.1) is 23.4 Å². The van der Waals surface area contributed by atoms with Crippen LogP contribution >= 0.6 is 11.3 Å². The van der Waals surface area contributed by atoms with Crippen molar-refractivity contribution in [2.45, 2.75) is 26.0 Å². The van der Waals surface area contributed by atoms with Crippen LogP contribution in [0.4, 0.5) is 14.5 Å². The van der Waals surface area contributed by atoms with E-state index in [-0.39, 0.29) is 12.1 Å². The molecule has 144 valence electrons. The zero-order valence-electron chi connectivity index (χ0n) is 14.6. The molecule has 0 radical (unpaired) electrons. The maximum atomic E-state index is 14.0. The van der Waals surface area contributed by atoms with E-state index in [2.05, 4.69) is 4.98 Å². The van der Waals surface area contributed by atoms with Gasteiger partial charge in [0, 0.05) is 6.07 Å². The molecule has 1 aromatic heterocycles. The van der Waals surface area contributed by atoms with E-state index in [1.54, 1.807) is 25.1 Å². The van der Waals surface area contributed by atoms with Crippen LogP contribution in [0, 0.1) is 18.6 Å². The molecule has 28 heavy (non-hydrogen) atoms. The lowest BCUT2D eigenvalue weighted by atomic mass is 10.1. The number of ether oxygens (including phenoxy) is 1. The number of anilines is 1. The second-order valence-corrected chi connectivity index (χ2v) is 7.51. The number of carboxylic acids is 1. The highest BCUT2D eigenvalue weighted by atomic mass is 32.1. The first-order valence-corrected chi connectivity index (χ1v) is 9.19. The van der Waals surface area contributed by atoms with Gasteiger partial charge in [0.1, 0.15) is 22.1 Å². The smallest absolute Gasteiger partial charge is 0.307 e. The van der Waals surface area contributed by atoms with Crippen LogP contribution in [0.25, 0.3) is 10.2 Å². The number of aromatic nitrogens is 1. The number of rotatable bonds is 4. The second kappa shape index (κ2) is 6.83. The van der Waals surface area contributed by atoms with Crippen LogP contribution in [0.2, 0.25) is 0 Å². The van der Waals surface area contributed by atoms with Crippen molar-refractivity contribution in [1.82, 2.24) is 4.98 Å². The largest absolute Gasteiger partial charge is 0.481 e. The third kappa shape index (κ3) is 3.18. The van der Waals surface area contributed by atoms with Crippen molar-refractivity contribution >= 4 is 39.1 Å². The standard InChI is InChI=1S/C19H14F2N2O4S/c1-9-3-2-4-12-18(9)23(19(26)13(27-12)7-16(24)25)8-15-22-17-11(21)5-10(20)6-14(17)28-15/h2-6,13H,7-8H2,1H3,(H,24,25). The van der Waals surface area contributed by atoms with Crippen molar-refractivity contribution in [1.29, 1.82) is 0 Å². The summed E-state index contributed by atoms with van der Waals surface area (Å²) in [6.45, 7) is 1.80. The van der Waals surface area contributed by atoms with E-state index in [1.807, 2.05) is 0 Å². The van der Waals surface area contributed by atoms with Crippen LogP contribution in [0.1, 0.15) is 17.0 Å². The Balaban J connectivity index is 1.76. The summed E-state index contributed by atoms with van der Waals surface area (Å²) in [5, 5.41) is 9.48. The highest BCUT2D eigenvalue weighted by Crippen LogP contribution is 2.39. The number of fused-ring (bicyclic) bond motifs is 2. The Morgan fingerprint density at radius 3 is 2.89 bits per heavy atom. The minimum absolute atomic E-state index is 0.00340. The van der Waals surface area contributed by atoms with E-state index in [4.69, 9.17) is 9.84 Å². The molecule has 1 aliphatic rings. The maximum absolute atomic E-state index is 14.0.